The van der Waals surface area contributed by atoms with E-state index < -0.39 is 0 Å². The Labute approximate surface area is 154 Å². The first kappa shape index (κ1) is 18.0. The lowest BCUT2D eigenvalue weighted by atomic mass is 10.0. The summed E-state index contributed by atoms with van der Waals surface area (Å²) in [7, 11) is 0. The zero-order valence-electron chi connectivity index (χ0n) is 15.9. The second kappa shape index (κ2) is 6.83. The molecule has 26 heavy (non-hydrogen) atoms. The van der Waals surface area contributed by atoms with Crippen LogP contribution in [0.2, 0.25) is 0 Å². The van der Waals surface area contributed by atoms with Crippen molar-refractivity contribution in [3.05, 3.63) is 71.0 Å². The smallest absolute Gasteiger partial charge is 0.221 e. The molecule has 0 aliphatic heterocycles. The van der Waals surface area contributed by atoms with Gasteiger partial charge in [-0.25, -0.2) is 0 Å². The van der Waals surface area contributed by atoms with Gasteiger partial charge in [0, 0.05) is 5.39 Å². The van der Waals surface area contributed by atoms with Crippen molar-refractivity contribution in [1.82, 2.24) is 0 Å². The van der Waals surface area contributed by atoms with Gasteiger partial charge >= 0.3 is 0 Å². The zero-order chi connectivity index (χ0) is 18.9. The van der Waals surface area contributed by atoms with Crippen LogP contribution in [0.3, 0.4) is 0 Å². The van der Waals surface area contributed by atoms with E-state index in [0.29, 0.717) is 5.76 Å². The minimum absolute atomic E-state index is 0.147. The van der Waals surface area contributed by atoms with E-state index in [1.165, 1.54) is 0 Å². The fourth-order valence-corrected chi connectivity index (χ4v) is 2.90. The van der Waals surface area contributed by atoms with E-state index in [1.807, 2.05) is 77.1 Å². The largest absolute Gasteiger partial charge is 0.488 e. The van der Waals surface area contributed by atoms with Gasteiger partial charge in [0.05, 0.1) is 0 Å². The van der Waals surface area contributed by atoms with Crippen LogP contribution in [0.25, 0.3) is 17.0 Å². The summed E-state index contributed by atoms with van der Waals surface area (Å²) in [6, 6.07) is 13.4. The van der Waals surface area contributed by atoms with E-state index >= 15 is 0 Å². The molecule has 0 unspecified atom stereocenters. The van der Waals surface area contributed by atoms with Gasteiger partial charge in [-0.05, 0) is 81.7 Å². The van der Waals surface area contributed by atoms with Gasteiger partial charge in [-0.15, -0.1) is 0 Å². The molecule has 0 saturated heterocycles. The summed E-state index contributed by atoms with van der Waals surface area (Å²) in [6.07, 6.45) is 3.37. The summed E-state index contributed by atoms with van der Waals surface area (Å²) in [5.74, 6) is 1.10. The number of hydrogen-bond acceptors (Lipinski definition) is 3. The van der Waals surface area contributed by atoms with Gasteiger partial charge in [0.2, 0.25) is 5.78 Å². The molecule has 0 radical (unpaired) electrons. The van der Waals surface area contributed by atoms with E-state index in [0.717, 1.165) is 33.4 Å². The first-order chi connectivity index (χ1) is 12.2. The number of furan rings is 1. The minimum Gasteiger partial charge on any atom is -0.488 e. The Bertz CT molecular complexity index is 928. The number of fused-ring (bicyclic) bond motifs is 1. The molecule has 0 amide bonds. The Morgan fingerprint density at radius 3 is 2.31 bits per heavy atom. The van der Waals surface area contributed by atoms with Gasteiger partial charge in [-0.3, -0.25) is 4.79 Å². The van der Waals surface area contributed by atoms with Crippen LogP contribution in [-0.2, 0) is 0 Å². The molecule has 3 heteroatoms. The van der Waals surface area contributed by atoms with Crippen molar-refractivity contribution in [3.63, 3.8) is 0 Å². The number of rotatable bonds is 4. The highest BCUT2D eigenvalue weighted by atomic mass is 16.5. The molecule has 0 bridgehead atoms. The van der Waals surface area contributed by atoms with Crippen molar-refractivity contribution in [3.8, 4) is 5.75 Å². The van der Waals surface area contributed by atoms with Crippen molar-refractivity contribution in [1.29, 1.82) is 0 Å². The standard InChI is InChI=1S/C23H24O3/c1-15-12-17(13-16(2)22(15)26-23(3,4)5)10-11-19(24)21-14-18-8-6-7-9-20(18)25-21/h6-14H,1-5H3/b11-10+. The highest BCUT2D eigenvalue weighted by Gasteiger charge is 2.16. The summed E-state index contributed by atoms with van der Waals surface area (Å²) in [6.45, 7) is 10.1. The van der Waals surface area contributed by atoms with Crippen LogP contribution in [0.4, 0.5) is 0 Å². The molecule has 1 aromatic heterocycles. The maximum Gasteiger partial charge on any atom is 0.221 e. The average Bonchev–Trinajstić information content (AvgIpc) is 2.99. The predicted molar refractivity (Wildman–Crippen MR) is 106 cm³/mol. The number of carbonyl (C=O) groups is 1. The zero-order valence-corrected chi connectivity index (χ0v) is 15.9. The summed E-state index contributed by atoms with van der Waals surface area (Å²) in [4.78, 5) is 12.4. The van der Waals surface area contributed by atoms with Gasteiger partial charge in [0.25, 0.3) is 0 Å². The molecule has 0 aliphatic carbocycles. The Hall–Kier alpha value is -2.81. The summed E-state index contributed by atoms with van der Waals surface area (Å²) < 4.78 is 11.7. The molecule has 1 heterocycles. The second-order valence-corrected chi connectivity index (χ2v) is 7.54. The first-order valence-corrected chi connectivity index (χ1v) is 8.74. The van der Waals surface area contributed by atoms with Crippen molar-refractivity contribution >= 4 is 22.8 Å². The van der Waals surface area contributed by atoms with E-state index in [4.69, 9.17) is 9.15 Å². The second-order valence-electron chi connectivity index (χ2n) is 7.54. The Kier molecular flexibility index (Phi) is 4.73. The van der Waals surface area contributed by atoms with E-state index in [1.54, 1.807) is 12.1 Å². The third-order valence-electron chi connectivity index (χ3n) is 3.99. The fraction of sp³-hybridized carbons (Fsp3) is 0.261. The van der Waals surface area contributed by atoms with Crippen LogP contribution in [0, 0.1) is 13.8 Å². The van der Waals surface area contributed by atoms with Crippen molar-refractivity contribution in [2.75, 3.05) is 0 Å². The normalized spacial score (nSPS) is 12.0. The lowest BCUT2D eigenvalue weighted by Crippen LogP contribution is -2.24. The van der Waals surface area contributed by atoms with Crippen molar-refractivity contribution in [2.24, 2.45) is 0 Å². The summed E-state index contributed by atoms with van der Waals surface area (Å²) in [5.41, 5.74) is 3.54. The number of ketones is 1. The minimum atomic E-state index is -0.246. The number of carbonyl (C=O) groups excluding carboxylic acids is 1. The number of ether oxygens (including phenoxy) is 1. The number of para-hydroxylation sites is 1. The quantitative estimate of drug-likeness (QED) is 0.421. The van der Waals surface area contributed by atoms with E-state index in [2.05, 4.69) is 0 Å². The van der Waals surface area contributed by atoms with Crippen LogP contribution in [0.15, 0.2) is 53.0 Å². The first-order valence-electron chi connectivity index (χ1n) is 8.74. The van der Waals surface area contributed by atoms with Gasteiger partial charge in [0.1, 0.15) is 16.9 Å². The van der Waals surface area contributed by atoms with Gasteiger partial charge in [-0.1, -0.05) is 24.3 Å². The number of benzene rings is 2. The summed E-state index contributed by atoms with van der Waals surface area (Å²) in [5, 5.41) is 0.930. The molecule has 0 N–H and O–H groups in total. The molecule has 134 valence electrons. The maximum absolute atomic E-state index is 12.4. The molecule has 3 aromatic rings. The van der Waals surface area contributed by atoms with Crippen LogP contribution in [0.1, 0.15) is 48.0 Å². The number of aryl methyl sites for hydroxylation is 2. The van der Waals surface area contributed by atoms with Crippen molar-refractivity contribution in [2.45, 2.75) is 40.2 Å². The van der Waals surface area contributed by atoms with Crippen molar-refractivity contribution < 1.29 is 13.9 Å². The predicted octanol–water partition coefficient (Wildman–Crippen LogP) is 6.12. The molecule has 0 fully saturated rings. The molecule has 0 aliphatic rings. The Morgan fingerprint density at radius 2 is 1.69 bits per heavy atom. The van der Waals surface area contributed by atoms with E-state index in [9.17, 15) is 4.79 Å². The molecular weight excluding hydrogens is 324 g/mol. The van der Waals surface area contributed by atoms with E-state index in [-0.39, 0.29) is 11.4 Å². The number of allylic oxidation sites excluding steroid dienone is 1. The SMILES string of the molecule is Cc1cc(/C=C/C(=O)c2cc3ccccc3o2)cc(C)c1OC(C)(C)C. The third kappa shape index (κ3) is 4.05. The molecule has 3 nitrogen and oxygen atoms in total. The molecule has 2 aromatic carbocycles. The lowest BCUT2D eigenvalue weighted by Gasteiger charge is -2.24. The fourth-order valence-electron chi connectivity index (χ4n) is 2.90. The molecule has 0 atom stereocenters. The van der Waals surface area contributed by atoms with Crippen LogP contribution in [0.5, 0.6) is 5.75 Å². The van der Waals surface area contributed by atoms with Crippen LogP contribution in [-0.4, -0.2) is 11.4 Å². The number of hydrogen-bond donors (Lipinski definition) is 0. The highest BCUT2D eigenvalue weighted by Crippen LogP contribution is 2.29. The summed E-state index contributed by atoms with van der Waals surface area (Å²) >= 11 is 0. The molecule has 0 spiro atoms. The Balaban J connectivity index is 1.82. The lowest BCUT2D eigenvalue weighted by molar-refractivity contribution is 0.102. The highest BCUT2D eigenvalue weighted by molar-refractivity contribution is 6.07. The van der Waals surface area contributed by atoms with Gasteiger partial charge < -0.3 is 9.15 Å². The molecular formula is C23H24O3. The van der Waals surface area contributed by atoms with Crippen LogP contribution >= 0.6 is 0 Å². The maximum atomic E-state index is 12.4. The van der Waals surface area contributed by atoms with Gasteiger partial charge in [0.15, 0.2) is 5.76 Å². The topological polar surface area (TPSA) is 39.4 Å². The Morgan fingerprint density at radius 1 is 1.04 bits per heavy atom. The monoisotopic (exact) mass is 348 g/mol. The molecule has 0 saturated carbocycles. The van der Waals surface area contributed by atoms with Gasteiger partial charge in [-0.2, -0.15) is 0 Å². The molecule has 3 rings (SSSR count). The average molecular weight is 348 g/mol. The third-order valence-corrected chi connectivity index (χ3v) is 3.99. The van der Waals surface area contributed by atoms with Crippen LogP contribution < -0.4 is 4.74 Å².